The lowest BCUT2D eigenvalue weighted by Crippen LogP contribution is -2.47. The number of ether oxygens (including phenoxy) is 1. The van der Waals surface area contributed by atoms with E-state index in [2.05, 4.69) is 4.18 Å². The molecule has 0 unspecified atom stereocenters. The molecule has 1 heterocycles. The van der Waals surface area contributed by atoms with E-state index in [1.54, 1.807) is 20.8 Å². The highest BCUT2D eigenvalue weighted by atomic mass is 32.2. The van der Waals surface area contributed by atoms with Crippen molar-refractivity contribution in [2.45, 2.75) is 52.7 Å². The number of hydrogen-bond donors (Lipinski definition) is 0. The van der Waals surface area contributed by atoms with E-state index in [0.717, 1.165) is 6.92 Å². The van der Waals surface area contributed by atoms with Crippen molar-refractivity contribution >= 4 is 16.2 Å². The van der Waals surface area contributed by atoms with Crippen molar-refractivity contribution in [3.05, 3.63) is 11.3 Å². The van der Waals surface area contributed by atoms with E-state index in [-0.39, 0.29) is 24.4 Å². The fourth-order valence-electron chi connectivity index (χ4n) is 1.36. The van der Waals surface area contributed by atoms with Gasteiger partial charge in [0, 0.05) is 5.57 Å². The molecule has 0 N–H and O–H groups in total. The summed E-state index contributed by atoms with van der Waals surface area (Å²) in [5, 5.41) is 0. The summed E-state index contributed by atoms with van der Waals surface area (Å²) in [4.78, 5) is 12.8. The second kappa shape index (κ2) is 7.41. The zero-order valence-corrected chi connectivity index (χ0v) is 14.8. The molecule has 6 nitrogen and oxygen atoms in total. The van der Waals surface area contributed by atoms with Crippen LogP contribution in [0.1, 0.15) is 41.5 Å². The standard InChI is InChI=1S/C11H16F3NO5S.C2H6/c1-7(20-21(17,18)11(12,13)14)8-5-15(6-8)9(16)19-10(2,3)4;1-2/h5-6H2,1-4H3;1-2H3. The number of amides is 1. The third-order valence-corrected chi connectivity index (χ3v) is 3.47. The van der Waals surface area contributed by atoms with Crippen molar-refractivity contribution in [3.8, 4) is 0 Å². The molecule has 1 aliphatic heterocycles. The molecule has 1 aliphatic rings. The fourth-order valence-corrected chi connectivity index (χ4v) is 1.90. The topological polar surface area (TPSA) is 72.9 Å². The Morgan fingerprint density at radius 2 is 1.57 bits per heavy atom. The number of hydrogen-bond acceptors (Lipinski definition) is 5. The van der Waals surface area contributed by atoms with Gasteiger partial charge in [0.1, 0.15) is 11.4 Å². The second-order valence-electron chi connectivity index (χ2n) is 5.48. The molecule has 23 heavy (non-hydrogen) atoms. The van der Waals surface area contributed by atoms with Gasteiger partial charge in [0.05, 0.1) is 13.1 Å². The van der Waals surface area contributed by atoms with Crippen LogP contribution >= 0.6 is 0 Å². The van der Waals surface area contributed by atoms with Crippen LogP contribution in [0.4, 0.5) is 18.0 Å². The largest absolute Gasteiger partial charge is 0.534 e. The molecule has 0 aromatic heterocycles. The zero-order valence-electron chi connectivity index (χ0n) is 13.9. The third kappa shape index (κ3) is 6.28. The normalized spacial score (nSPS) is 15.2. The molecule has 10 heteroatoms. The van der Waals surface area contributed by atoms with E-state index in [0.29, 0.717) is 0 Å². The van der Waals surface area contributed by atoms with Gasteiger partial charge in [0.25, 0.3) is 0 Å². The molecule has 0 atom stereocenters. The lowest BCUT2D eigenvalue weighted by molar-refractivity contribution is -0.0523. The number of allylic oxidation sites excluding steroid dienone is 1. The van der Waals surface area contributed by atoms with Gasteiger partial charge in [-0.05, 0) is 27.7 Å². The highest BCUT2D eigenvalue weighted by molar-refractivity contribution is 7.87. The summed E-state index contributed by atoms with van der Waals surface area (Å²) in [6.45, 7) is 10.1. The minimum absolute atomic E-state index is 0.0336. The summed E-state index contributed by atoms with van der Waals surface area (Å²) < 4.78 is 67.1. The molecular weight excluding hydrogens is 339 g/mol. The van der Waals surface area contributed by atoms with Gasteiger partial charge in [-0.15, -0.1) is 0 Å². The van der Waals surface area contributed by atoms with Crippen molar-refractivity contribution in [2.75, 3.05) is 13.1 Å². The Morgan fingerprint density at radius 3 is 1.91 bits per heavy atom. The summed E-state index contributed by atoms with van der Waals surface area (Å²) >= 11 is 0. The van der Waals surface area contributed by atoms with E-state index < -0.39 is 27.3 Å². The molecule has 0 aliphatic carbocycles. The molecule has 1 rings (SSSR count). The minimum Gasteiger partial charge on any atom is -0.444 e. The number of likely N-dealkylation sites (tertiary alicyclic amines) is 1. The molecule has 0 bridgehead atoms. The van der Waals surface area contributed by atoms with Crippen molar-refractivity contribution in [1.82, 2.24) is 4.90 Å². The summed E-state index contributed by atoms with van der Waals surface area (Å²) in [6.07, 6.45) is -0.627. The zero-order chi connectivity index (χ0) is 18.6. The van der Waals surface area contributed by atoms with Crippen LogP contribution in [-0.2, 0) is 19.0 Å². The maximum atomic E-state index is 12.1. The van der Waals surface area contributed by atoms with Crippen LogP contribution in [0, 0.1) is 0 Å². The first-order valence-electron chi connectivity index (χ1n) is 6.90. The molecule has 0 spiro atoms. The number of carbonyl (C=O) groups excluding carboxylic acids is 1. The highest BCUT2D eigenvalue weighted by Gasteiger charge is 2.49. The maximum Gasteiger partial charge on any atom is 0.534 e. The Kier molecular flexibility index (Phi) is 6.95. The number of halogens is 3. The molecule has 1 fully saturated rings. The van der Waals surface area contributed by atoms with Gasteiger partial charge >= 0.3 is 21.7 Å². The Labute approximate surface area is 134 Å². The fraction of sp³-hybridized carbons (Fsp3) is 0.769. The first kappa shape index (κ1) is 21.6. The number of nitrogens with zero attached hydrogens (tertiary/aromatic N) is 1. The van der Waals surface area contributed by atoms with E-state index in [1.807, 2.05) is 13.8 Å². The Hall–Kier alpha value is -1.45. The molecule has 1 saturated heterocycles. The molecular formula is C13H22F3NO5S. The number of alkyl halides is 3. The average molecular weight is 361 g/mol. The van der Waals surface area contributed by atoms with Crippen molar-refractivity contribution in [3.63, 3.8) is 0 Å². The van der Waals surface area contributed by atoms with Gasteiger partial charge in [0.15, 0.2) is 0 Å². The number of carbonyl (C=O) groups is 1. The van der Waals surface area contributed by atoms with Crippen LogP contribution in [0.2, 0.25) is 0 Å². The Balaban J connectivity index is 0.00000232. The van der Waals surface area contributed by atoms with Gasteiger partial charge in [-0.2, -0.15) is 21.6 Å². The molecule has 0 aromatic rings. The minimum atomic E-state index is -5.68. The van der Waals surface area contributed by atoms with E-state index in [9.17, 15) is 26.4 Å². The highest BCUT2D eigenvalue weighted by Crippen LogP contribution is 2.29. The van der Waals surface area contributed by atoms with Crippen molar-refractivity contribution in [2.24, 2.45) is 0 Å². The summed E-state index contributed by atoms with van der Waals surface area (Å²) in [5.41, 5.74) is -5.89. The third-order valence-electron chi connectivity index (χ3n) is 2.43. The van der Waals surface area contributed by atoms with E-state index in [4.69, 9.17) is 4.74 Å². The van der Waals surface area contributed by atoms with Crippen LogP contribution in [-0.4, -0.2) is 43.6 Å². The molecule has 0 radical (unpaired) electrons. The lowest BCUT2D eigenvalue weighted by atomic mass is 10.1. The molecule has 0 aromatic carbocycles. The summed E-state index contributed by atoms with van der Waals surface area (Å²) in [6, 6.07) is 0. The smallest absolute Gasteiger partial charge is 0.444 e. The van der Waals surface area contributed by atoms with Crippen LogP contribution in [0.3, 0.4) is 0 Å². The van der Waals surface area contributed by atoms with Gasteiger partial charge < -0.3 is 8.92 Å². The quantitative estimate of drug-likeness (QED) is 0.428. The summed E-state index contributed by atoms with van der Waals surface area (Å²) in [7, 11) is -5.68. The van der Waals surface area contributed by atoms with Gasteiger partial charge in [-0.1, -0.05) is 13.8 Å². The number of rotatable bonds is 2. The van der Waals surface area contributed by atoms with Crippen molar-refractivity contribution in [1.29, 1.82) is 0 Å². The van der Waals surface area contributed by atoms with Crippen LogP contribution < -0.4 is 0 Å². The first-order chi connectivity index (χ1) is 10.2. The Bertz CT molecular complexity index is 553. The second-order valence-corrected chi connectivity index (χ2v) is 7.02. The predicted molar refractivity (Wildman–Crippen MR) is 77.9 cm³/mol. The average Bonchev–Trinajstić information content (AvgIpc) is 2.24. The maximum absolute atomic E-state index is 12.1. The molecule has 0 saturated carbocycles. The van der Waals surface area contributed by atoms with E-state index in [1.165, 1.54) is 4.90 Å². The van der Waals surface area contributed by atoms with Gasteiger partial charge in [-0.25, -0.2) is 4.79 Å². The summed E-state index contributed by atoms with van der Waals surface area (Å²) in [5.74, 6) is -0.382. The van der Waals surface area contributed by atoms with Crippen LogP contribution in [0.25, 0.3) is 0 Å². The monoisotopic (exact) mass is 361 g/mol. The SMILES string of the molecule is CC.CC(OS(=O)(=O)C(F)(F)F)=C1CN(C(=O)OC(C)(C)C)C1. The van der Waals surface area contributed by atoms with Gasteiger partial charge in [0.2, 0.25) is 0 Å². The van der Waals surface area contributed by atoms with Crippen LogP contribution in [0.15, 0.2) is 11.3 Å². The molecule has 1 amide bonds. The first-order valence-corrected chi connectivity index (χ1v) is 8.31. The van der Waals surface area contributed by atoms with Crippen molar-refractivity contribution < 1.29 is 35.3 Å². The predicted octanol–water partition coefficient (Wildman–Crippen LogP) is 3.40. The Morgan fingerprint density at radius 1 is 1.13 bits per heavy atom. The lowest BCUT2D eigenvalue weighted by Gasteiger charge is -2.36. The molecule has 136 valence electrons. The van der Waals surface area contributed by atoms with E-state index >= 15 is 0 Å². The van der Waals surface area contributed by atoms with Gasteiger partial charge in [-0.3, -0.25) is 4.90 Å². The van der Waals surface area contributed by atoms with Crippen LogP contribution in [0.5, 0.6) is 0 Å².